The average molecular weight is 465 g/mol. The zero-order chi connectivity index (χ0) is 19.6. The van der Waals surface area contributed by atoms with Gasteiger partial charge in [-0.25, -0.2) is 14.6 Å². The molecule has 0 unspecified atom stereocenters. The van der Waals surface area contributed by atoms with Crippen LogP contribution in [0.5, 0.6) is 0 Å². The molecule has 0 aliphatic heterocycles. The molecule has 142 valence electrons. The maximum absolute atomic E-state index is 5.82. The first-order chi connectivity index (χ1) is 14.3. The van der Waals surface area contributed by atoms with Gasteiger partial charge in [0.25, 0.3) is 0 Å². The summed E-state index contributed by atoms with van der Waals surface area (Å²) in [6.07, 6.45) is 3.33. The summed E-state index contributed by atoms with van der Waals surface area (Å²) in [7, 11) is 0. The topological polar surface area (TPSA) is 82.5 Å². The van der Waals surface area contributed by atoms with Crippen molar-refractivity contribution in [3.05, 3.63) is 77.5 Å². The summed E-state index contributed by atoms with van der Waals surface area (Å²) in [6, 6.07) is 17.6. The van der Waals surface area contributed by atoms with Gasteiger partial charge in [-0.15, -0.1) is 10.2 Å². The molecular weight excluding hydrogens is 452 g/mol. The molecule has 0 spiro atoms. The Balaban J connectivity index is 1.39. The molecule has 0 bridgehead atoms. The molecule has 5 aromatic rings. The molecule has 0 saturated heterocycles. The molecule has 0 fully saturated rings. The number of hydrogen-bond acceptors (Lipinski definition) is 7. The number of para-hydroxylation sites is 1. The zero-order valence-corrected chi connectivity index (χ0v) is 17.3. The maximum atomic E-state index is 5.82. The molecular formula is C20H13BrN6OS. The fourth-order valence-corrected chi connectivity index (χ4v) is 4.13. The van der Waals surface area contributed by atoms with Crippen molar-refractivity contribution in [2.75, 3.05) is 0 Å². The summed E-state index contributed by atoms with van der Waals surface area (Å²) in [5, 5.41) is 14.5. The Labute approximate surface area is 178 Å². The second-order valence-corrected chi connectivity index (χ2v) is 7.90. The third kappa shape index (κ3) is 3.54. The van der Waals surface area contributed by atoms with Crippen LogP contribution in [-0.2, 0) is 5.75 Å². The minimum atomic E-state index is 0.484. The Morgan fingerprint density at radius 2 is 1.79 bits per heavy atom. The summed E-state index contributed by atoms with van der Waals surface area (Å²) < 4.78 is 8.54. The lowest BCUT2D eigenvalue weighted by atomic mass is 10.2. The zero-order valence-electron chi connectivity index (χ0n) is 14.9. The van der Waals surface area contributed by atoms with Crippen LogP contribution in [0, 0.1) is 0 Å². The number of nitrogens with zero attached hydrogens (tertiary/aromatic N) is 6. The highest BCUT2D eigenvalue weighted by Crippen LogP contribution is 2.30. The minimum absolute atomic E-state index is 0.484. The van der Waals surface area contributed by atoms with E-state index in [1.807, 2.05) is 54.6 Å². The Hall–Kier alpha value is -3.04. The Kier molecular flexibility index (Phi) is 4.82. The van der Waals surface area contributed by atoms with Gasteiger partial charge in [0.15, 0.2) is 5.65 Å². The minimum Gasteiger partial charge on any atom is -0.420 e. The summed E-state index contributed by atoms with van der Waals surface area (Å²) in [6.45, 7) is 0. The predicted molar refractivity (Wildman–Crippen MR) is 114 cm³/mol. The second kappa shape index (κ2) is 7.76. The second-order valence-electron chi connectivity index (χ2n) is 6.08. The molecule has 7 nitrogen and oxygen atoms in total. The van der Waals surface area contributed by atoms with Crippen LogP contribution >= 0.6 is 27.7 Å². The van der Waals surface area contributed by atoms with Crippen LogP contribution in [0.4, 0.5) is 0 Å². The van der Waals surface area contributed by atoms with Crippen LogP contribution in [0.3, 0.4) is 0 Å². The van der Waals surface area contributed by atoms with E-state index in [0.29, 0.717) is 17.5 Å². The molecule has 0 atom stereocenters. The fourth-order valence-electron chi connectivity index (χ4n) is 2.88. The normalized spacial score (nSPS) is 11.2. The molecule has 0 amide bonds. The van der Waals surface area contributed by atoms with Gasteiger partial charge in [-0.3, -0.25) is 0 Å². The number of benzene rings is 2. The Bertz CT molecular complexity index is 1290. The number of rotatable bonds is 5. The SMILES string of the molecule is Brc1ccccc1-c1nnc(CSc2ncnc3c2cnn3-c2ccccc2)o1. The third-order valence-electron chi connectivity index (χ3n) is 4.23. The highest BCUT2D eigenvalue weighted by molar-refractivity contribution is 9.10. The maximum Gasteiger partial charge on any atom is 0.248 e. The van der Waals surface area contributed by atoms with E-state index in [1.54, 1.807) is 17.2 Å². The van der Waals surface area contributed by atoms with E-state index in [2.05, 4.69) is 41.2 Å². The van der Waals surface area contributed by atoms with E-state index in [1.165, 1.54) is 11.8 Å². The standard InChI is InChI=1S/C20H13BrN6OS/c21-16-9-5-4-8-14(16)19-26-25-17(28-19)11-29-20-15-10-24-27(18(15)22-12-23-20)13-6-2-1-3-7-13/h1-10,12H,11H2. The lowest BCUT2D eigenvalue weighted by Gasteiger charge is -2.03. The van der Waals surface area contributed by atoms with Crippen LogP contribution in [0.1, 0.15) is 5.89 Å². The molecule has 0 aliphatic carbocycles. The van der Waals surface area contributed by atoms with Gasteiger partial charge in [-0.2, -0.15) is 5.10 Å². The van der Waals surface area contributed by atoms with Crippen molar-refractivity contribution in [2.45, 2.75) is 10.8 Å². The number of hydrogen-bond donors (Lipinski definition) is 0. The quantitative estimate of drug-likeness (QED) is 0.269. The monoisotopic (exact) mass is 464 g/mol. The molecule has 3 aromatic heterocycles. The van der Waals surface area contributed by atoms with Crippen LogP contribution in [-0.4, -0.2) is 29.9 Å². The lowest BCUT2D eigenvalue weighted by Crippen LogP contribution is -1.97. The summed E-state index contributed by atoms with van der Waals surface area (Å²) in [5.74, 6) is 1.51. The van der Waals surface area contributed by atoms with Gasteiger partial charge >= 0.3 is 0 Å². The van der Waals surface area contributed by atoms with Gasteiger partial charge in [-0.05, 0) is 40.2 Å². The van der Waals surface area contributed by atoms with E-state index in [9.17, 15) is 0 Å². The van der Waals surface area contributed by atoms with Crippen LogP contribution < -0.4 is 0 Å². The van der Waals surface area contributed by atoms with Crippen molar-refractivity contribution >= 4 is 38.7 Å². The largest absolute Gasteiger partial charge is 0.420 e. The van der Waals surface area contributed by atoms with Gasteiger partial charge in [0.1, 0.15) is 11.4 Å². The van der Waals surface area contributed by atoms with Crippen molar-refractivity contribution in [3.8, 4) is 17.1 Å². The number of aromatic nitrogens is 6. The van der Waals surface area contributed by atoms with E-state index >= 15 is 0 Å². The molecule has 9 heteroatoms. The Morgan fingerprint density at radius 3 is 2.66 bits per heavy atom. The van der Waals surface area contributed by atoms with Crippen molar-refractivity contribution < 1.29 is 4.42 Å². The van der Waals surface area contributed by atoms with E-state index in [4.69, 9.17) is 4.42 Å². The van der Waals surface area contributed by atoms with Crippen molar-refractivity contribution in [2.24, 2.45) is 0 Å². The molecule has 0 aliphatic rings. The van der Waals surface area contributed by atoms with Gasteiger partial charge in [-0.1, -0.05) is 42.1 Å². The van der Waals surface area contributed by atoms with Crippen molar-refractivity contribution in [3.63, 3.8) is 0 Å². The summed E-state index contributed by atoms with van der Waals surface area (Å²) >= 11 is 5.02. The van der Waals surface area contributed by atoms with E-state index in [-0.39, 0.29) is 0 Å². The van der Waals surface area contributed by atoms with Crippen LogP contribution in [0.15, 0.2) is 81.0 Å². The number of fused-ring (bicyclic) bond motifs is 1. The van der Waals surface area contributed by atoms with Gasteiger partial charge in [0.05, 0.1) is 28.6 Å². The molecule has 3 heterocycles. The highest BCUT2D eigenvalue weighted by atomic mass is 79.9. The van der Waals surface area contributed by atoms with E-state index < -0.39 is 0 Å². The first kappa shape index (κ1) is 18.0. The third-order valence-corrected chi connectivity index (χ3v) is 5.92. The smallest absolute Gasteiger partial charge is 0.248 e. The van der Waals surface area contributed by atoms with Gasteiger partial charge < -0.3 is 4.42 Å². The van der Waals surface area contributed by atoms with E-state index in [0.717, 1.165) is 31.8 Å². The average Bonchev–Trinajstić information content (AvgIpc) is 3.41. The molecule has 0 N–H and O–H groups in total. The van der Waals surface area contributed by atoms with Gasteiger partial charge in [0.2, 0.25) is 11.8 Å². The summed E-state index contributed by atoms with van der Waals surface area (Å²) in [5.41, 5.74) is 2.57. The lowest BCUT2D eigenvalue weighted by molar-refractivity contribution is 0.528. The Morgan fingerprint density at radius 1 is 0.966 bits per heavy atom. The fraction of sp³-hybridized carbons (Fsp3) is 0.0500. The first-order valence-electron chi connectivity index (χ1n) is 8.74. The molecule has 0 radical (unpaired) electrons. The first-order valence-corrected chi connectivity index (χ1v) is 10.5. The predicted octanol–water partition coefficient (Wildman–Crippen LogP) is 4.92. The van der Waals surface area contributed by atoms with Crippen molar-refractivity contribution in [1.82, 2.24) is 29.9 Å². The molecule has 0 saturated carbocycles. The van der Waals surface area contributed by atoms with Crippen LogP contribution in [0.25, 0.3) is 28.2 Å². The van der Waals surface area contributed by atoms with Crippen LogP contribution in [0.2, 0.25) is 0 Å². The summed E-state index contributed by atoms with van der Waals surface area (Å²) in [4.78, 5) is 8.82. The number of halogens is 1. The van der Waals surface area contributed by atoms with Gasteiger partial charge in [0, 0.05) is 4.47 Å². The number of thioether (sulfide) groups is 1. The highest BCUT2D eigenvalue weighted by Gasteiger charge is 2.15. The molecule has 5 rings (SSSR count). The molecule has 2 aromatic carbocycles. The van der Waals surface area contributed by atoms with Crippen molar-refractivity contribution in [1.29, 1.82) is 0 Å². The molecule has 29 heavy (non-hydrogen) atoms.